The summed E-state index contributed by atoms with van der Waals surface area (Å²) in [6, 6.07) is 8.13. The monoisotopic (exact) mass is 134 g/mol. The van der Waals surface area contributed by atoms with Gasteiger partial charge in [-0.25, -0.2) is 0 Å². The van der Waals surface area contributed by atoms with Crippen LogP contribution < -0.4 is 4.90 Å². The molecule has 1 aromatic carbocycles. The van der Waals surface area contributed by atoms with Crippen LogP contribution in [0.15, 0.2) is 24.3 Å². The molecule has 0 amide bonds. The second kappa shape index (κ2) is 2.74. The van der Waals surface area contributed by atoms with Crippen LogP contribution in [0.2, 0.25) is 0 Å². The highest BCUT2D eigenvalue weighted by Crippen LogP contribution is 2.10. The van der Waals surface area contributed by atoms with E-state index in [9.17, 15) is 0 Å². The quantitative estimate of drug-likeness (QED) is 0.567. The van der Waals surface area contributed by atoms with Crippen molar-refractivity contribution in [2.24, 2.45) is 0 Å². The van der Waals surface area contributed by atoms with Crippen molar-refractivity contribution in [2.75, 3.05) is 19.0 Å². The summed E-state index contributed by atoms with van der Waals surface area (Å²) in [5.74, 6) is 0. The molecule has 0 aliphatic heterocycles. The van der Waals surface area contributed by atoms with Crippen molar-refractivity contribution >= 4 is 5.69 Å². The summed E-state index contributed by atoms with van der Waals surface area (Å²) >= 11 is 0. The third-order valence-corrected chi connectivity index (χ3v) is 1.45. The largest absolute Gasteiger partial charge is 0.378 e. The lowest BCUT2D eigenvalue weighted by Crippen LogP contribution is -2.07. The molecule has 10 heavy (non-hydrogen) atoms. The molecule has 0 aromatic heterocycles. The molecule has 0 heterocycles. The third-order valence-electron chi connectivity index (χ3n) is 1.45. The molecule has 0 saturated carbocycles. The van der Waals surface area contributed by atoms with Crippen LogP contribution in [0.5, 0.6) is 0 Å². The molecule has 1 nitrogen and oxygen atoms in total. The highest BCUT2D eigenvalue weighted by atomic mass is 15.1. The van der Waals surface area contributed by atoms with E-state index in [-0.39, 0.29) is 0 Å². The Morgan fingerprint density at radius 2 is 1.60 bits per heavy atom. The maximum absolute atomic E-state index is 3.80. The Kier molecular flexibility index (Phi) is 1.95. The highest BCUT2D eigenvalue weighted by Gasteiger charge is 1.90. The Morgan fingerprint density at radius 1 is 1.10 bits per heavy atom. The standard InChI is InChI=1S/C9H12N/c1-8-4-6-9(7-5-8)10(2)3/h4-7H,1H2,2-3H3. The zero-order valence-corrected chi connectivity index (χ0v) is 6.46. The molecular formula is C9H12N. The van der Waals surface area contributed by atoms with Gasteiger partial charge in [-0.15, -0.1) is 0 Å². The minimum Gasteiger partial charge on any atom is -0.378 e. The zero-order chi connectivity index (χ0) is 7.56. The van der Waals surface area contributed by atoms with Gasteiger partial charge in [-0.2, -0.15) is 0 Å². The number of benzene rings is 1. The minimum absolute atomic E-state index is 1.06. The summed E-state index contributed by atoms with van der Waals surface area (Å²) in [7, 11) is 4.05. The van der Waals surface area contributed by atoms with Gasteiger partial charge in [0.2, 0.25) is 0 Å². The van der Waals surface area contributed by atoms with Crippen molar-refractivity contribution in [3.8, 4) is 0 Å². The summed E-state index contributed by atoms with van der Waals surface area (Å²) in [6.45, 7) is 3.80. The Morgan fingerprint density at radius 3 is 2.00 bits per heavy atom. The molecule has 1 heteroatoms. The van der Waals surface area contributed by atoms with E-state index in [1.807, 2.05) is 26.2 Å². The first-order chi connectivity index (χ1) is 4.70. The van der Waals surface area contributed by atoms with Gasteiger partial charge in [0.15, 0.2) is 0 Å². The normalized spacial score (nSPS) is 9.50. The van der Waals surface area contributed by atoms with Crippen LogP contribution in [0.4, 0.5) is 5.69 Å². The lowest BCUT2D eigenvalue weighted by Gasteiger charge is -2.11. The Hall–Kier alpha value is -0.980. The first-order valence-corrected chi connectivity index (χ1v) is 3.29. The molecule has 1 aromatic rings. The van der Waals surface area contributed by atoms with E-state index in [1.165, 1.54) is 5.69 Å². The van der Waals surface area contributed by atoms with Crippen molar-refractivity contribution in [1.29, 1.82) is 0 Å². The van der Waals surface area contributed by atoms with Crippen molar-refractivity contribution < 1.29 is 0 Å². The van der Waals surface area contributed by atoms with Crippen LogP contribution >= 0.6 is 0 Å². The van der Waals surface area contributed by atoms with E-state index in [1.54, 1.807) is 0 Å². The minimum atomic E-state index is 1.06. The zero-order valence-electron chi connectivity index (χ0n) is 6.46. The maximum Gasteiger partial charge on any atom is 0.0361 e. The summed E-state index contributed by atoms with van der Waals surface area (Å²) in [5, 5.41) is 0. The second-order valence-corrected chi connectivity index (χ2v) is 2.56. The predicted octanol–water partition coefficient (Wildman–Crippen LogP) is 1.93. The fourth-order valence-corrected chi connectivity index (χ4v) is 0.794. The van der Waals surface area contributed by atoms with E-state index >= 15 is 0 Å². The number of nitrogens with zero attached hydrogens (tertiary/aromatic N) is 1. The van der Waals surface area contributed by atoms with Gasteiger partial charge in [0.1, 0.15) is 0 Å². The topological polar surface area (TPSA) is 3.24 Å². The molecule has 0 unspecified atom stereocenters. The summed E-state index contributed by atoms with van der Waals surface area (Å²) in [4.78, 5) is 2.07. The van der Waals surface area contributed by atoms with Gasteiger partial charge in [0.05, 0.1) is 0 Å². The van der Waals surface area contributed by atoms with Crippen LogP contribution in [0, 0.1) is 6.92 Å². The van der Waals surface area contributed by atoms with E-state index < -0.39 is 0 Å². The third kappa shape index (κ3) is 1.50. The van der Waals surface area contributed by atoms with Gasteiger partial charge in [-0.05, 0) is 24.6 Å². The van der Waals surface area contributed by atoms with Gasteiger partial charge >= 0.3 is 0 Å². The fraction of sp³-hybridized carbons (Fsp3) is 0.222. The first-order valence-electron chi connectivity index (χ1n) is 3.29. The molecule has 1 radical (unpaired) electrons. The van der Waals surface area contributed by atoms with E-state index in [4.69, 9.17) is 0 Å². The lowest BCUT2D eigenvalue weighted by atomic mass is 10.2. The number of rotatable bonds is 1. The molecule has 0 saturated heterocycles. The molecular weight excluding hydrogens is 122 g/mol. The molecule has 0 fully saturated rings. The van der Waals surface area contributed by atoms with E-state index in [2.05, 4.69) is 24.0 Å². The SMILES string of the molecule is [CH2]c1ccc(N(C)C)cc1. The predicted molar refractivity (Wildman–Crippen MR) is 45.2 cm³/mol. The first kappa shape index (κ1) is 7.13. The van der Waals surface area contributed by atoms with Crippen LogP contribution in [-0.2, 0) is 0 Å². The summed E-state index contributed by atoms with van der Waals surface area (Å²) in [5.41, 5.74) is 2.28. The number of hydrogen-bond donors (Lipinski definition) is 0. The van der Waals surface area contributed by atoms with Crippen molar-refractivity contribution in [3.05, 3.63) is 36.8 Å². The van der Waals surface area contributed by atoms with Gasteiger partial charge in [0.25, 0.3) is 0 Å². The van der Waals surface area contributed by atoms with Crippen LogP contribution in [0.3, 0.4) is 0 Å². The van der Waals surface area contributed by atoms with E-state index in [0.29, 0.717) is 0 Å². The highest BCUT2D eigenvalue weighted by molar-refractivity contribution is 5.46. The average Bonchev–Trinajstić information content (AvgIpc) is 1.88. The van der Waals surface area contributed by atoms with Crippen LogP contribution in [-0.4, -0.2) is 14.1 Å². The Labute approximate surface area is 62.3 Å². The van der Waals surface area contributed by atoms with Crippen LogP contribution in [0.1, 0.15) is 5.56 Å². The molecule has 0 aliphatic carbocycles. The smallest absolute Gasteiger partial charge is 0.0361 e. The molecule has 0 bridgehead atoms. The van der Waals surface area contributed by atoms with Crippen molar-refractivity contribution in [3.63, 3.8) is 0 Å². The van der Waals surface area contributed by atoms with Gasteiger partial charge in [-0.3, -0.25) is 0 Å². The fourth-order valence-electron chi connectivity index (χ4n) is 0.794. The number of anilines is 1. The molecule has 1 rings (SSSR count). The molecule has 0 N–H and O–H groups in total. The molecule has 53 valence electrons. The Balaban J connectivity index is 2.89. The molecule has 0 spiro atoms. The van der Waals surface area contributed by atoms with Gasteiger partial charge < -0.3 is 4.90 Å². The van der Waals surface area contributed by atoms with Crippen molar-refractivity contribution in [2.45, 2.75) is 0 Å². The van der Waals surface area contributed by atoms with Crippen molar-refractivity contribution in [1.82, 2.24) is 0 Å². The average molecular weight is 134 g/mol. The molecule has 0 aliphatic rings. The van der Waals surface area contributed by atoms with Gasteiger partial charge in [-0.1, -0.05) is 12.1 Å². The maximum atomic E-state index is 3.80. The second-order valence-electron chi connectivity index (χ2n) is 2.56. The van der Waals surface area contributed by atoms with E-state index in [0.717, 1.165) is 5.56 Å². The Bertz CT molecular complexity index is 198. The van der Waals surface area contributed by atoms with Crippen LogP contribution in [0.25, 0.3) is 0 Å². The summed E-state index contributed by atoms with van der Waals surface area (Å²) in [6.07, 6.45) is 0. The van der Waals surface area contributed by atoms with Gasteiger partial charge in [0, 0.05) is 19.8 Å². The molecule has 0 atom stereocenters. The lowest BCUT2D eigenvalue weighted by molar-refractivity contribution is 1.13. The summed E-state index contributed by atoms with van der Waals surface area (Å²) < 4.78 is 0. The number of hydrogen-bond acceptors (Lipinski definition) is 1.